The predicted molar refractivity (Wildman–Crippen MR) is 143 cm³/mol. The Hall–Kier alpha value is -1.89. The summed E-state index contributed by atoms with van der Waals surface area (Å²) in [5.41, 5.74) is 7.64. The number of aromatic amines is 1. The monoisotopic (exact) mass is 550 g/mol. The van der Waals surface area contributed by atoms with Gasteiger partial charge in [0.15, 0.2) is 15.0 Å². The van der Waals surface area contributed by atoms with Gasteiger partial charge < -0.3 is 20.4 Å². The Labute approximate surface area is 220 Å². The Kier molecular flexibility index (Phi) is 7.75. The van der Waals surface area contributed by atoms with Crippen LogP contribution in [0.25, 0.3) is 11.0 Å². The first-order chi connectivity index (χ1) is 17.3. The predicted octanol–water partition coefficient (Wildman–Crippen LogP) is 2.97. The molecular formula is C24H31ClN6O3S2. The van der Waals surface area contributed by atoms with E-state index in [9.17, 15) is 8.42 Å². The lowest BCUT2D eigenvalue weighted by molar-refractivity contribution is 0.0381. The van der Waals surface area contributed by atoms with Crippen molar-refractivity contribution in [1.29, 1.82) is 0 Å². The number of hydrogen-bond acceptors (Lipinski definition) is 9. The summed E-state index contributed by atoms with van der Waals surface area (Å²) in [5, 5.41) is 2.05. The van der Waals surface area contributed by atoms with Gasteiger partial charge in [-0.2, -0.15) is 0 Å². The number of sulfone groups is 1. The van der Waals surface area contributed by atoms with Crippen LogP contribution in [0.2, 0.25) is 5.02 Å². The third-order valence-corrected chi connectivity index (χ3v) is 9.68. The van der Waals surface area contributed by atoms with Gasteiger partial charge >= 0.3 is 0 Å². The Morgan fingerprint density at radius 1 is 1.19 bits per heavy atom. The van der Waals surface area contributed by atoms with E-state index < -0.39 is 9.84 Å². The standard InChI is InChI=1S/C24H31ClN6O3S2/c1-2-19-21(25)20-22(27-19)28-24(29-23(20)31-14-16(26)15-31)35-17-4-6-18(7-5-17)36(32,33)13-3-8-30-9-11-34-12-10-30/h4-7,16H,2-3,8-15,26H2,1H3,(H,27,28,29). The van der Waals surface area contributed by atoms with Gasteiger partial charge in [-0.3, -0.25) is 4.90 Å². The van der Waals surface area contributed by atoms with E-state index in [0.29, 0.717) is 40.4 Å². The van der Waals surface area contributed by atoms with Gasteiger partial charge in [0.05, 0.1) is 34.3 Å². The van der Waals surface area contributed by atoms with E-state index in [1.807, 2.05) is 19.1 Å². The van der Waals surface area contributed by atoms with Crippen LogP contribution in [-0.4, -0.2) is 86.0 Å². The first-order valence-corrected chi connectivity index (χ1v) is 15.1. The molecule has 0 atom stereocenters. The Bertz CT molecular complexity index is 1320. The van der Waals surface area contributed by atoms with Gasteiger partial charge in [-0.1, -0.05) is 18.5 Å². The van der Waals surface area contributed by atoms with Crippen LogP contribution >= 0.6 is 23.4 Å². The number of ether oxygens (including phenoxy) is 1. The van der Waals surface area contributed by atoms with Gasteiger partial charge in [0, 0.05) is 42.8 Å². The largest absolute Gasteiger partial charge is 0.379 e. The summed E-state index contributed by atoms with van der Waals surface area (Å²) in [6, 6.07) is 7.08. The normalized spacial score (nSPS) is 17.6. The Morgan fingerprint density at radius 3 is 2.58 bits per heavy atom. The molecular weight excluding hydrogens is 520 g/mol. The maximum atomic E-state index is 12.8. The maximum Gasteiger partial charge on any atom is 0.196 e. The molecule has 0 unspecified atom stereocenters. The Balaban J connectivity index is 1.30. The third-order valence-electron chi connectivity index (χ3n) is 6.57. The number of H-pyrrole nitrogens is 1. The highest BCUT2D eigenvalue weighted by Gasteiger charge is 2.29. The minimum absolute atomic E-state index is 0.123. The van der Waals surface area contributed by atoms with E-state index in [4.69, 9.17) is 32.0 Å². The molecule has 3 N–H and O–H groups in total. The van der Waals surface area contributed by atoms with Crippen molar-refractivity contribution in [3.63, 3.8) is 0 Å². The molecule has 0 amide bonds. The molecule has 36 heavy (non-hydrogen) atoms. The van der Waals surface area contributed by atoms with Crippen LogP contribution in [0.4, 0.5) is 5.82 Å². The second-order valence-corrected chi connectivity index (χ2v) is 12.7. The lowest BCUT2D eigenvalue weighted by atomic mass is 10.1. The average Bonchev–Trinajstić information content (AvgIpc) is 3.18. The highest BCUT2D eigenvalue weighted by atomic mass is 35.5. The van der Waals surface area contributed by atoms with Gasteiger partial charge in [-0.25, -0.2) is 18.4 Å². The van der Waals surface area contributed by atoms with Gasteiger partial charge in [-0.05, 0) is 55.4 Å². The first-order valence-electron chi connectivity index (χ1n) is 12.2. The summed E-state index contributed by atoms with van der Waals surface area (Å²) in [5.74, 6) is 0.912. The van der Waals surface area contributed by atoms with Crippen LogP contribution in [0.15, 0.2) is 39.2 Å². The lowest BCUT2D eigenvalue weighted by Gasteiger charge is -2.38. The van der Waals surface area contributed by atoms with E-state index in [-0.39, 0.29) is 11.8 Å². The SMILES string of the molecule is CCc1[nH]c2nc(Sc3ccc(S(=O)(=O)CCCN4CCOCC4)cc3)nc(N3CC(N)C3)c2c1Cl. The molecule has 5 rings (SSSR count). The van der Waals surface area contributed by atoms with Gasteiger partial charge in [0.2, 0.25) is 0 Å². The Morgan fingerprint density at radius 2 is 1.92 bits per heavy atom. The molecule has 194 valence electrons. The second-order valence-electron chi connectivity index (χ2n) is 9.19. The molecule has 0 spiro atoms. The number of nitrogens with one attached hydrogen (secondary N) is 1. The molecule has 2 aliphatic heterocycles. The molecule has 0 aliphatic carbocycles. The molecule has 0 bridgehead atoms. The summed E-state index contributed by atoms with van der Waals surface area (Å²) in [4.78, 5) is 18.4. The lowest BCUT2D eigenvalue weighted by Crippen LogP contribution is -2.56. The van der Waals surface area contributed by atoms with Gasteiger partial charge in [0.1, 0.15) is 11.5 Å². The van der Waals surface area contributed by atoms with Crippen molar-refractivity contribution in [2.75, 3.05) is 56.6 Å². The van der Waals surface area contributed by atoms with E-state index in [1.165, 1.54) is 11.8 Å². The first kappa shape index (κ1) is 25.7. The van der Waals surface area contributed by atoms with Crippen molar-refractivity contribution in [1.82, 2.24) is 19.9 Å². The molecule has 1 aromatic carbocycles. The quantitative estimate of drug-likeness (QED) is 0.388. The molecule has 9 nitrogen and oxygen atoms in total. The number of hydrogen-bond donors (Lipinski definition) is 2. The number of morpholine rings is 1. The smallest absolute Gasteiger partial charge is 0.196 e. The number of nitrogens with two attached hydrogens (primary N) is 1. The minimum Gasteiger partial charge on any atom is -0.379 e. The highest BCUT2D eigenvalue weighted by Crippen LogP contribution is 2.38. The van der Waals surface area contributed by atoms with Crippen LogP contribution in [-0.2, 0) is 21.0 Å². The second kappa shape index (κ2) is 10.8. The number of benzene rings is 1. The summed E-state index contributed by atoms with van der Waals surface area (Å²) < 4.78 is 31.0. The molecule has 2 fully saturated rings. The minimum atomic E-state index is -3.34. The summed E-state index contributed by atoms with van der Waals surface area (Å²) in [7, 11) is -3.34. The van der Waals surface area contributed by atoms with Crippen LogP contribution in [0.1, 0.15) is 19.0 Å². The highest BCUT2D eigenvalue weighted by molar-refractivity contribution is 7.99. The molecule has 3 aromatic rings. The molecule has 2 aromatic heterocycles. The van der Waals surface area contributed by atoms with E-state index in [0.717, 1.165) is 60.9 Å². The van der Waals surface area contributed by atoms with Gasteiger partial charge in [-0.15, -0.1) is 0 Å². The fraction of sp³-hybridized carbons (Fsp3) is 0.500. The molecule has 2 saturated heterocycles. The number of aryl methyl sites for hydroxylation is 1. The fourth-order valence-electron chi connectivity index (χ4n) is 4.52. The summed E-state index contributed by atoms with van der Waals surface area (Å²) >= 11 is 8.03. The van der Waals surface area contributed by atoms with E-state index >= 15 is 0 Å². The fourth-order valence-corrected chi connectivity index (χ4v) is 6.92. The zero-order chi connectivity index (χ0) is 25.3. The number of fused-ring (bicyclic) bond motifs is 1. The molecule has 2 aliphatic rings. The number of rotatable bonds is 9. The van der Waals surface area contributed by atoms with Crippen LogP contribution < -0.4 is 10.6 Å². The average molecular weight is 551 g/mol. The van der Waals surface area contributed by atoms with Crippen molar-refractivity contribution >= 4 is 50.1 Å². The topological polar surface area (TPSA) is 117 Å². The van der Waals surface area contributed by atoms with Crippen LogP contribution in [0, 0.1) is 0 Å². The van der Waals surface area contributed by atoms with E-state index in [1.54, 1.807) is 12.1 Å². The zero-order valence-corrected chi connectivity index (χ0v) is 22.6. The van der Waals surface area contributed by atoms with Crippen molar-refractivity contribution < 1.29 is 13.2 Å². The number of aromatic nitrogens is 3. The van der Waals surface area contributed by atoms with Crippen molar-refractivity contribution in [2.24, 2.45) is 5.73 Å². The molecule has 0 radical (unpaired) electrons. The van der Waals surface area contributed by atoms with Crippen molar-refractivity contribution in [3.05, 3.63) is 35.0 Å². The molecule has 12 heteroatoms. The van der Waals surface area contributed by atoms with E-state index in [2.05, 4.69) is 14.8 Å². The maximum absolute atomic E-state index is 12.8. The van der Waals surface area contributed by atoms with Crippen molar-refractivity contribution in [3.8, 4) is 0 Å². The number of halogens is 1. The number of anilines is 1. The zero-order valence-electron chi connectivity index (χ0n) is 20.2. The number of nitrogens with zero attached hydrogens (tertiary/aromatic N) is 4. The summed E-state index contributed by atoms with van der Waals surface area (Å²) in [6.07, 6.45) is 1.37. The van der Waals surface area contributed by atoms with Gasteiger partial charge in [0.25, 0.3) is 0 Å². The molecule has 4 heterocycles. The van der Waals surface area contributed by atoms with Crippen LogP contribution in [0.5, 0.6) is 0 Å². The third kappa shape index (κ3) is 5.51. The molecule has 0 saturated carbocycles. The summed E-state index contributed by atoms with van der Waals surface area (Å²) in [6.45, 7) is 7.40. The van der Waals surface area contributed by atoms with Crippen molar-refractivity contribution in [2.45, 2.75) is 40.8 Å². The van der Waals surface area contributed by atoms with Crippen LogP contribution in [0.3, 0.4) is 0 Å².